The Morgan fingerprint density at radius 1 is 0.675 bits per heavy atom. The van der Waals surface area contributed by atoms with Gasteiger partial charge in [-0.2, -0.15) is 0 Å². The summed E-state index contributed by atoms with van der Waals surface area (Å²) in [6.07, 6.45) is 0. The zero-order valence-electron chi connectivity index (χ0n) is 20.7. The van der Waals surface area contributed by atoms with E-state index in [1.54, 1.807) is 18.2 Å². The van der Waals surface area contributed by atoms with Crippen LogP contribution < -0.4 is 5.43 Å². The van der Waals surface area contributed by atoms with Crippen molar-refractivity contribution in [3.05, 3.63) is 145 Å². The van der Waals surface area contributed by atoms with Gasteiger partial charge in [0.05, 0.1) is 37.0 Å². The van der Waals surface area contributed by atoms with Crippen LogP contribution in [0.3, 0.4) is 0 Å². The lowest BCUT2D eigenvalue weighted by Gasteiger charge is -2.05. The smallest absolute Gasteiger partial charge is 0.270 e. The van der Waals surface area contributed by atoms with E-state index in [9.17, 15) is 25.0 Å². The Balaban J connectivity index is 0.000000161. The fourth-order valence-corrected chi connectivity index (χ4v) is 4.42. The van der Waals surface area contributed by atoms with Gasteiger partial charge in [0, 0.05) is 47.0 Å². The molecule has 10 heteroatoms. The maximum Gasteiger partial charge on any atom is 0.270 e. The number of halogens is 1. The molecule has 4 aromatic carbocycles. The van der Waals surface area contributed by atoms with Crippen molar-refractivity contribution < 1.29 is 9.85 Å². The number of nitrogens with zero attached hydrogens (tertiary/aromatic N) is 3. The molecule has 2 heterocycles. The molecule has 0 saturated carbocycles. The fourth-order valence-electron chi connectivity index (χ4n) is 4.16. The molecule has 9 nitrogen and oxygen atoms in total. The maximum atomic E-state index is 12.1. The predicted octanol–water partition coefficient (Wildman–Crippen LogP) is 7.57. The molecule has 0 aliphatic carbocycles. The van der Waals surface area contributed by atoms with Gasteiger partial charge in [-0.25, -0.2) is 4.98 Å². The van der Waals surface area contributed by atoms with Crippen molar-refractivity contribution >= 4 is 44.8 Å². The van der Waals surface area contributed by atoms with E-state index in [-0.39, 0.29) is 16.8 Å². The molecule has 0 fully saturated rings. The van der Waals surface area contributed by atoms with Crippen molar-refractivity contribution in [1.82, 2.24) is 9.97 Å². The monoisotopic (exact) mass is 550 g/mol. The van der Waals surface area contributed by atoms with Crippen LogP contribution in [0.25, 0.3) is 44.3 Å². The van der Waals surface area contributed by atoms with Crippen LogP contribution in [0.1, 0.15) is 0 Å². The summed E-state index contributed by atoms with van der Waals surface area (Å²) in [6.45, 7) is 0. The van der Waals surface area contributed by atoms with Crippen LogP contribution >= 0.6 is 11.6 Å². The maximum absolute atomic E-state index is 12.1. The zero-order chi connectivity index (χ0) is 28.2. The molecule has 0 radical (unpaired) electrons. The highest BCUT2D eigenvalue weighted by atomic mass is 35.5. The quantitative estimate of drug-likeness (QED) is 0.178. The van der Waals surface area contributed by atoms with E-state index >= 15 is 0 Å². The third kappa shape index (κ3) is 5.54. The number of nitrogens with one attached hydrogen (secondary N) is 1. The summed E-state index contributed by atoms with van der Waals surface area (Å²) in [5.41, 5.74) is 4.20. The minimum Gasteiger partial charge on any atom is -0.354 e. The number of pyridine rings is 2. The first kappa shape index (κ1) is 26.2. The van der Waals surface area contributed by atoms with Gasteiger partial charge in [-0.15, -0.1) is 0 Å². The number of H-pyrrole nitrogens is 1. The van der Waals surface area contributed by atoms with Crippen molar-refractivity contribution in [3.8, 4) is 22.5 Å². The van der Waals surface area contributed by atoms with Gasteiger partial charge < -0.3 is 4.98 Å². The number of nitro groups is 2. The predicted molar refractivity (Wildman–Crippen MR) is 156 cm³/mol. The molecule has 0 aliphatic heterocycles. The molecule has 196 valence electrons. The van der Waals surface area contributed by atoms with Crippen molar-refractivity contribution in [2.45, 2.75) is 0 Å². The first-order valence-electron chi connectivity index (χ1n) is 12.0. The Kier molecular flexibility index (Phi) is 7.30. The summed E-state index contributed by atoms with van der Waals surface area (Å²) in [4.78, 5) is 40.3. The third-order valence-electron chi connectivity index (χ3n) is 6.13. The second kappa shape index (κ2) is 11.1. The lowest BCUT2D eigenvalue weighted by atomic mass is 10.1. The van der Waals surface area contributed by atoms with Gasteiger partial charge in [-0.1, -0.05) is 72.3 Å². The molecular formula is C30H19ClN4O5. The molecule has 6 aromatic rings. The summed E-state index contributed by atoms with van der Waals surface area (Å²) >= 11 is 6.23. The minimum absolute atomic E-state index is 0.00802. The van der Waals surface area contributed by atoms with Gasteiger partial charge in [0.25, 0.3) is 11.4 Å². The standard InChI is InChI=1S/C15H9ClN2O2.C15H10N2O3/c16-13-9-15(10-4-2-1-3-5-10)17-14-7-6-11(18(19)20)8-12(13)14;18-15-9-14(10-4-2-1-3-5-10)16-13-7-6-11(17(19)20)8-12(13)15/h1-9H;1-9H,(H,16,18). The van der Waals surface area contributed by atoms with Crippen molar-refractivity contribution in [2.24, 2.45) is 0 Å². The number of nitro benzene ring substituents is 2. The molecule has 0 saturated heterocycles. The third-order valence-corrected chi connectivity index (χ3v) is 6.44. The lowest BCUT2D eigenvalue weighted by Crippen LogP contribution is -2.03. The van der Waals surface area contributed by atoms with E-state index in [1.807, 2.05) is 60.7 Å². The summed E-state index contributed by atoms with van der Waals surface area (Å²) in [5.74, 6) is 0. The first-order valence-corrected chi connectivity index (χ1v) is 12.3. The summed E-state index contributed by atoms with van der Waals surface area (Å²) < 4.78 is 0. The average molecular weight is 551 g/mol. The zero-order valence-corrected chi connectivity index (χ0v) is 21.4. The normalized spacial score (nSPS) is 10.6. The molecule has 2 aromatic heterocycles. The number of rotatable bonds is 4. The molecule has 6 rings (SSSR count). The molecule has 0 unspecified atom stereocenters. The number of hydrogen-bond acceptors (Lipinski definition) is 6. The van der Waals surface area contributed by atoms with E-state index in [1.165, 1.54) is 30.3 Å². The first-order chi connectivity index (χ1) is 19.3. The van der Waals surface area contributed by atoms with Crippen LogP contribution in [-0.2, 0) is 0 Å². The highest BCUT2D eigenvalue weighted by Gasteiger charge is 2.12. The van der Waals surface area contributed by atoms with Gasteiger partial charge in [0.2, 0.25) is 0 Å². The Labute approximate surface area is 231 Å². The largest absolute Gasteiger partial charge is 0.354 e. The molecule has 1 N–H and O–H groups in total. The molecule has 0 spiro atoms. The van der Waals surface area contributed by atoms with Crippen LogP contribution in [0.15, 0.2) is 114 Å². The Morgan fingerprint density at radius 3 is 1.88 bits per heavy atom. The lowest BCUT2D eigenvalue weighted by molar-refractivity contribution is -0.384. The molecule has 40 heavy (non-hydrogen) atoms. The van der Waals surface area contributed by atoms with Crippen LogP contribution in [-0.4, -0.2) is 19.8 Å². The fraction of sp³-hybridized carbons (Fsp3) is 0. The molecule has 0 aliphatic rings. The second-order valence-corrected chi connectivity index (χ2v) is 9.12. The Morgan fingerprint density at radius 2 is 1.25 bits per heavy atom. The van der Waals surface area contributed by atoms with Crippen LogP contribution in [0, 0.1) is 20.2 Å². The molecule has 0 amide bonds. The number of aromatic amines is 1. The number of hydrogen-bond donors (Lipinski definition) is 1. The van der Waals surface area contributed by atoms with Crippen LogP contribution in [0.5, 0.6) is 0 Å². The van der Waals surface area contributed by atoms with Gasteiger partial charge in [-0.3, -0.25) is 25.0 Å². The average Bonchev–Trinajstić information content (AvgIpc) is 2.98. The van der Waals surface area contributed by atoms with Crippen LogP contribution in [0.4, 0.5) is 11.4 Å². The van der Waals surface area contributed by atoms with E-state index in [0.29, 0.717) is 32.5 Å². The van der Waals surface area contributed by atoms with Crippen molar-refractivity contribution in [2.75, 3.05) is 0 Å². The topological polar surface area (TPSA) is 132 Å². The van der Waals surface area contributed by atoms with Gasteiger partial charge in [-0.05, 0) is 23.8 Å². The van der Waals surface area contributed by atoms with E-state index in [0.717, 1.165) is 16.8 Å². The van der Waals surface area contributed by atoms with Gasteiger partial charge in [0.1, 0.15) is 0 Å². The minimum atomic E-state index is -0.510. The second-order valence-electron chi connectivity index (χ2n) is 8.71. The summed E-state index contributed by atoms with van der Waals surface area (Å²) in [6, 6.07) is 31.0. The van der Waals surface area contributed by atoms with Crippen molar-refractivity contribution in [1.29, 1.82) is 0 Å². The van der Waals surface area contributed by atoms with E-state index in [2.05, 4.69) is 9.97 Å². The molecular weight excluding hydrogens is 532 g/mol. The Bertz CT molecular complexity index is 1940. The summed E-state index contributed by atoms with van der Waals surface area (Å²) in [7, 11) is 0. The van der Waals surface area contributed by atoms with E-state index in [4.69, 9.17) is 11.6 Å². The number of fused-ring (bicyclic) bond motifs is 2. The number of benzene rings is 4. The van der Waals surface area contributed by atoms with E-state index < -0.39 is 9.85 Å². The Hall–Kier alpha value is -5.41. The van der Waals surface area contributed by atoms with Gasteiger partial charge >= 0.3 is 0 Å². The molecule has 0 atom stereocenters. The summed E-state index contributed by atoms with van der Waals surface area (Å²) in [5, 5.41) is 22.9. The van der Waals surface area contributed by atoms with Gasteiger partial charge in [0.15, 0.2) is 5.43 Å². The SMILES string of the molecule is O=[N+]([O-])c1ccc2nc(-c3ccccc3)cc(Cl)c2c1.O=c1cc(-c2ccccc2)[nH]c2ccc([N+](=O)[O-])cc12. The highest BCUT2D eigenvalue weighted by molar-refractivity contribution is 6.35. The number of non-ortho nitro benzene ring substituents is 2. The highest BCUT2D eigenvalue weighted by Crippen LogP contribution is 2.30. The van der Waals surface area contributed by atoms with Crippen molar-refractivity contribution in [3.63, 3.8) is 0 Å². The van der Waals surface area contributed by atoms with Crippen LogP contribution in [0.2, 0.25) is 5.02 Å². The number of aromatic nitrogens is 2. The molecule has 0 bridgehead atoms.